The number of sulfonamides is 1. The van der Waals surface area contributed by atoms with Crippen LogP contribution in [0.15, 0.2) is 48.5 Å². The number of likely N-dealkylation sites (tertiary alicyclic amines) is 1. The summed E-state index contributed by atoms with van der Waals surface area (Å²) in [5.74, 6) is -0.592. The Hall–Kier alpha value is -3.19. The van der Waals surface area contributed by atoms with E-state index in [-0.39, 0.29) is 6.04 Å². The molecular weight excluding hydrogens is 564 g/mol. The monoisotopic (exact) mass is 602 g/mol. The Morgan fingerprint density at radius 3 is 2.34 bits per heavy atom. The highest BCUT2D eigenvalue weighted by Crippen LogP contribution is 2.39. The molecule has 0 bridgehead atoms. The first-order valence-corrected chi connectivity index (χ1v) is 17.1. The van der Waals surface area contributed by atoms with Crippen molar-refractivity contribution in [1.29, 1.82) is 0 Å². The number of nitrogens with zero attached hydrogens (tertiary/aromatic N) is 2. The van der Waals surface area contributed by atoms with Crippen molar-refractivity contribution in [1.82, 2.24) is 14.4 Å². The predicted octanol–water partition coefficient (Wildman–Crippen LogP) is 4.02. The first-order valence-electron chi connectivity index (χ1n) is 13.4. The summed E-state index contributed by atoms with van der Waals surface area (Å²) < 4.78 is 53.8. The SMILES string of the molecule is CC(C)(C)c1c(CCN2CCCC2c2ccc(/C=C/C(=O)NO)cc2)c2ccc(NS(C)(=O)=O)cc2n1S(C)(=O)=O. The molecule has 1 amide bonds. The Labute approximate surface area is 242 Å². The van der Waals surface area contributed by atoms with Crippen LogP contribution >= 0.6 is 0 Å². The molecule has 1 saturated heterocycles. The Kier molecular flexibility index (Phi) is 8.70. The molecule has 1 aliphatic rings. The fourth-order valence-electron chi connectivity index (χ4n) is 5.72. The van der Waals surface area contributed by atoms with Gasteiger partial charge in [-0.05, 0) is 60.7 Å². The molecule has 10 nitrogen and oxygen atoms in total. The molecule has 4 rings (SSSR count). The average molecular weight is 603 g/mol. The zero-order valence-electron chi connectivity index (χ0n) is 24.0. The third kappa shape index (κ3) is 7.18. The number of amides is 1. The minimum absolute atomic E-state index is 0.209. The normalized spacial score (nSPS) is 17.0. The van der Waals surface area contributed by atoms with Gasteiger partial charge in [0.05, 0.1) is 23.7 Å². The fourth-order valence-corrected chi connectivity index (χ4v) is 7.50. The zero-order valence-corrected chi connectivity index (χ0v) is 25.6. The third-order valence-corrected chi connectivity index (χ3v) is 8.90. The van der Waals surface area contributed by atoms with Crippen molar-refractivity contribution in [3.8, 4) is 0 Å². The summed E-state index contributed by atoms with van der Waals surface area (Å²) >= 11 is 0. The van der Waals surface area contributed by atoms with Gasteiger partial charge in [-0.2, -0.15) is 0 Å². The Morgan fingerprint density at radius 1 is 1.07 bits per heavy atom. The van der Waals surface area contributed by atoms with Gasteiger partial charge >= 0.3 is 0 Å². The molecule has 222 valence electrons. The van der Waals surface area contributed by atoms with Gasteiger partial charge in [-0.15, -0.1) is 0 Å². The number of hydrogen-bond acceptors (Lipinski definition) is 7. The number of carbonyl (C=O) groups excluding carboxylic acids is 1. The molecule has 0 aliphatic carbocycles. The summed E-state index contributed by atoms with van der Waals surface area (Å²) in [5.41, 5.74) is 5.49. The van der Waals surface area contributed by atoms with Crippen molar-refractivity contribution >= 4 is 48.6 Å². The van der Waals surface area contributed by atoms with Crippen LogP contribution in [-0.2, 0) is 36.7 Å². The van der Waals surface area contributed by atoms with Crippen molar-refractivity contribution in [2.75, 3.05) is 30.3 Å². The lowest BCUT2D eigenvalue weighted by molar-refractivity contribution is -0.124. The largest absolute Gasteiger partial charge is 0.296 e. The van der Waals surface area contributed by atoms with E-state index in [1.54, 1.807) is 29.8 Å². The molecule has 3 N–H and O–H groups in total. The van der Waals surface area contributed by atoms with Crippen LogP contribution in [0.2, 0.25) is 0 Å². The number of fused-ring (bicyclic) bond motifs is 1. The molecule has 12 heteroatoms. The lowest BCUT2D eigenvalue weighted by Crippen LogP contribution is -2.28. The smallest absolute Gasteiger partial charge is 0.267 e. The highest BCUT2D eigenvalue weighted by Gasteiger charge is 2.32. The van der Waals surface area contributed by atoms with Gasteiger partial charge in [-0.25, -0.2) is 26.3 Å². The zero-order chi connectivity index (χ0) is 30.2. The number of benzene rings is 2. The van der Waals surface area contributed by atoms with E-state index in [0.717, 1.165) is 54.3 Å². The van der Waals surface area contributed by atoms with E-state index >= 15 is 0 Å². The number of hydroxylamine groups is 1. The number of carbonyl (C=O) groups is 1. The van der Waals surface area contributed by atoms with Crippen LogP contribution < -0.4 is 10.2 Å². The maximum Gasteiger partial charge on any atom is 0.267 e. The summed E-state index contributed by atoms with van der Waals surface area (Å²) in [6, 6.07) is 13.2. The number of hydrogen-bond donors (Lipinski definition) is 3. The number of aromatic nitrogens is 1. The molecule has 1 aliphatic heterocycles. The molecular formula is C29H38N4O6S2. The number of nitrogens with one attached hydrogen (secondary N) is 2. The quantitative estimate of drug-likeness (QED) is 0.191. The maximum atomic E-state index is 13.1. The van der Waals surface area contributed by atoms with Crippen molar-refractivity contribution in [3.05, 3.63) is 70.9 Å². The number of anilines is 1. The summed E-state index contributed by atoms with van der Waals surface area (Å²) in [6.45, 7) is 7.60. The second-order valence-corrected chi connectivity index (χ2v) is 15.2. The molecule has 1 unspecified atom stereocenters. The van der Waals surface area contributed by atoms with Gasteiger partial charge in [-0.1, -0.05) is 51.1 Å². The predicted molar refractivity (Wildman–Crippen MR) is 162 cm³/mol. The van der Waals surface area contributed by atoms with E-state index in [2.05, 4.69) is 9.62 Å². The molecule has 2 heterocycles. The molecule has 2 aromatic carbocycles. The number of rotatable bonds is 9. The maximum absolute atomic E-state index is 13.1. The van der Waals surface area contributed by atoms with Gasteiger partial charge in [0.2, 0.25) is 20.0 Å². The molecule has 3 aromatic rings. The molecule has 1 aromatic heterocycles. The van der Waals surface area contributed by atoms with Gasteiger partial charge in [-0.3, -0.25) is 19.6 Å². The minimum atomic E-state index is -3.71. The van der Waals surface area contributed by atoms with Crippen LogP contribution in [0.1, 0.15) is 62.0 Å². The molecule has 41 heavy (non-hydrogen) atoms. The van der Waals surface area contributed by atoms with Gasteiger partial charge in [0.25, 0.3) is 5.91 Å². The van der Waals surface area contributed by atoms with Gasteiger partial charge in [0, 0.05) is 35.2 Å². The summed E-state index contributed by atoms with van der Waals surface area (Å²) in [6.07, 6.45) is 7.79. The van der Waals surface area contributed by atoms with Crippen LogP contribution in [0.4, 0.5) is 5.69 Å². The Balaban J connectivity index is 1.68. The Morgan fingerprint density at radius 2 is 1.76 bits per heavy atom. The standard InChI is InChI=1S/C29H38N4O6S2/c1-29(2,3)28-24(23-14-13-22(31-40(4,36)37)19-26(23)33(28)41(5,38)39)16-18-32-17-6-7-25(32)21-11-8-20(9-12-21)10-15-27(34)30-35/h8-15,19,25,31,35H,6-7,16-18H2,1-5H3,(H,30,34)/b15-10+. The van der Waals surface area contributed by atoms with E-state index in [1.807, 2.05) is 45.0 Å². The summed E-state index contributed by atoms with van der Waals surface area (Å²) in [5, 5.41) is 9.45. The minimum Gasteiger partial charge on any atom is -0.296 e. The van der Waals surface area contributed by atoms with E-state index < -0.39 is 31.4 Å². The van der Waals surface area contributed by atoms with Crippen LogP contribution in [0.25, 0.3) is 17.0 Å². The molecule has 1 fully saturated rings. The topological polar surface area (TPSA) is 138 Å². The Bertz CT molecular complexity index is 1690. The van der Waals surface area contributed by atoms with E-state index in [4.69, 9.17) is 5.21 Å². The van der Waals surface area contributed by atoms with Crippen molar-refractivity contribution in [2.45, 2.75) is 51.5 Å². The first kappa shape index (κ1) is 30.8. The van der Waals surface area contributed by atoms with Crippen molar-refractivity contribution in [3.63, 3.8) is 0 Å². The highest BCUT2D eigenvalue weighted by molar-refractivity contribution is 7.92. The average Bonchev–Trinajstić information content (AvgIpc) is 3.47. The van der Waals surface area contributed by atoms with Crippen LogP contribution in [0.3, 0.4) is 0 Å². The van der Waals surface area contributed by atoms with Crippen molar-refractivity contribution < 1.29 is 26.8 Å². The lowest BCUT2D eigenvalue weighted by Gasteiger charge is -2.27. The van der Waals surface area contributed by atoms with E-state index in [1.165, 1.54) is 16.3 Å². The molecule has 1 atom stereocenters. The van der Waals surface area contributed by atoms with Crippen molar-refractivity contribution in [2.24, 2.45) is 0 Å². The molecule has 0 saturated carbocycles. The highest BCUT2D eigenvalue weighted by atomic mass is 32.2. The fraction of sp³-hybridized carbons (Fsp3) is 0.414. The second-order valence-electron chi connectivity index (χ2n) is 11.6. The first-order chi connectivity index (χ1) is 19.1. The van der Waals surface area contributed by atoms with Crippen LogP contribution in [0, 0.1) is 0 Å². The van der Waals surface area contributed by atoms with E-state index in [9.17, 15) is 21.6 Å². The molecule has 0 radical (unpaired) electrons. The van der Waals surface area contributed by atoms with Gasteiger partial charge in [0.15, 0.2) is 0 Å². The lowest BCUT2D eigenvalue weighted by atomic mass is 9.88. The van der Waals surface area contributed by atoms with Crippen LogP contribution in [-0.4, -0.2) is 62.4 Å². The summed E-state index contributed by atoms with van der Waals surface area (Å²) in [4.78, 5) is 13.7. The second kappa shape index (κ2) is 11.6. The van der Waals surface area contributed by atoms with Crippen LogP contribution in [0.5, 0.6) is 0 Å². The van der Waals surface area contributed by atoms with Gasteiger partial charge in [0.1, 0.15) is 0 Å². The van der Waals surface area contributed by atoms with E-state index in [0.29, 0.717) is 23.3 Å². The third-order valence-electron chi connectivity index (χ3n) is 7.25. The molecule has 0 spiro atoms. The summed E-state index contributed by atoms with van der Waals surface area (Å²) in [7, 11) is -7.25. The van der Waals surface area contributed by atoms with Gasteiger partial charge < -0.3 is 0 Å².